The molecule has 1 aliphatic heterocycles. The van der Waals surface area contributed by atoms with Gasteiger partial charge >= 0.3 is 6.09 Å². The first kappa shape index (κ1) is 28.4. The lowest BCUT2D eigenvalue weighted by Gasteiger charge is -2.26. The molecule has 0 spiro atoms. The summed E-state index contributed by atoms with van der Waals surface area (Å²) >= 11 is 0. The van der Waals surface area contributed by atoms with Crippen LogP contribution in [0, 0.1) is 0 Å². The van der Waals surface area contributed by atoms with Gasteiger partial charge in [0.05, 0.1) is 19.1 Å². The van der Waals surface area contributed by atoms with Gasteiger partial charge in [0.15, 0.2) is 11.8 Å². The Balaban J connectivity index is 0.00000512. The summed E-state index contributed by atoms with van der Waals surface area (Å²) < 4.78 is 12.5. The predicted molar refractivity (Wildman–Crippen MR) is 135 cm³/mol. The van der Waals surface area contributed by atoms with Crippen molar-refractivity contribution in [1.29, 1.82) is 0 Å². The van der Waals surface area contributed by atoms with Crippen molar-refractivity contribution in [3.63, 3.8) is 0 Å². The van der Waals surface area contributed by atoms with Crippen LogP contribution in [0.4, 0.5) is 4.79 Å². The zero-order valence-electron chi connectivity index (χ0n) is 20.2. The third-order valence-electron chi connectivity index (χ3n) is 4.69. The molecule has 1 aromatic heterocycles. The first-order valence-corrected chi connectivity index (χ1v) is 11.2. The fourth-order valence-electron chi connectivity index (χ4n) is 3.42. The summed E-state index contributed by atoms with van der Waals surface area (Å²) in [6.45, 7) is 12.1. The van der Waals surface area contributed by atoms with Crippen LogP contribution in [0.15, 0.2) is 4.99 Å². The average molecular weight is 566 g/mol. The van der Waals surface area contributed by atoms with E-state index in [0.29, 0.717) is 19.0 Å². The van der Waals surface area contributed by atoms with Crippen LogP contribution < -0.4 is 16.0 Å². The Morgan fingerprint density at radius 2 is 2.09 bits per heavy atom. The minimum absolute atomic E-state index is 0. The van der Waals surface area contributed by atoms with Gasteiger partial charge in [-0.15, -0.1) is 24.0 Å². The quantitative estimate of drug-likeness (QED) is 0.240. The number of halogens is 1. The Labute approximate surface area is 208 Å². The van der Waals surface area contributed by atoms with E-state index in [0.717, 1.165) is 50.6 Å². The molecular formula is C21H40IN7O3. The van der Waals surface area contributed by atoms with Crippen LogP contribution in [-0.2, 0) is 29.0 Å². The number of hydrogen-bond donors (Lipinski definition) is 3. The van der Waals surface area contributed by atoms with Gasteiger partial charge in [-0.25, -0.2) is 14.5 Å². The van der Waals surface area contributed by atoms with E-state index in [1.54, 1.807) is 7.11 Å². The molecule has 1 aromatic rings. The molecule has 1 aliphatic rings. The molecule has 0 aromatic carbocycles. The van der Waals surface area contributed by atoms with E-state index in [9.17, 15) is 4.79 Å². The molecule has 0 saturated heterocycles. The van der Waals surface area contributed by atoms with E-state index in [-0.39, 0.29) is 36.1 Å². The molecule has 0 radical (unpaired) electrons. The Morgan fingerprint density at radius 1 is 1.34 bits per heavy atom. The van der Waals surface area contributed by atoms with Gasteiger partial charge in [0.25, 0.3) is 0 Å². The van der Waals surface area contributed by atoms with Gasteiger partial charge in [-0.2, -0.15) is 5.10 Å². The fraction of sp³-hybridized carbons (Fsp3) is 0.810. The van der Waals surface area contributed by atoms with Crippen LogP contribution in [0.2, 0.25) is 0 Å². The largest absolute Gasteiger partial charge is 0.444 e. The monoisotopic (exact) mass is 565 g/mol. The molecule has 32 heavy (non-hydrogen) atoms. The van der Waals surface area contributed by atoms with E-state index < -0.39 is 11.7 Å². The third-order valence-corrected chi connectivity index (χ3v) is 4.69. The highest BCUT2D eigenvalue weighted by atomic mass is 127. The summed E-state index contributed by atoms with van der Waals surface area (Å²) in [4.78, 5) is 21.4. The molecule has 3 N–H and O–H groups in total. The standard InChI is InChI=1S/C21H39N7O3.HI/c1-7-9-15(25-20(29)31-21(3,4)5)12-23-19(22-8-2)24-16-10-11-18-26-17(14-30-6)27-28(18)13-16;/h15-16H,7-14H2,1-6H3,(H,25,29)(H2,22,23,24);1H. The number of carbonyl (C=O) groups is 1. The number of fused-ring (bicyclic) bond motifs is 1. The van der Waals surface area contributed by atoms with Crippen molar-refractivity contribution < 1.29 is 14.3 Å². The molecular weight excluding hydrogens is 525 g/mol. The van der Waals surface area contributed by atoms with Crippen LogP contribution >= 0.6 is 24.0 Å². The Morgan fingerprint density at radius 3 is 2.72 bits per heavy atom. The van der Waals surface area contributed by atoms with Crippen molar-refractivity contribution >= 4 is 36.0 Å². The van der Waals surface area contributed by atoms with Crippen molar-refractivity contribution in [3.05, 3.63) is 11.6 Å². The molecule has 0 saturated carbocycles. The maximum absolute atomic E-state index is 12.2. The smallest absolute Gasteiger partial charge is 0.407 e. The van der Waals surface area contributed by atoms with Gasteiger partial charge in [0.2, 0.25) is 0 Å². The number of ether oxygens (including phenoxy) is 2. The maximum atomic E-state index is 12.2. The van der Waals surface area contributed by atoms with Crippen molar-refractivity contribution in [2.45, 2.75) is 91.1 Å². The molecule has 2 atom stereocenters. The third kappa shape index (κ3) is 9.88. The molecule has 11 heteroatoms. The summed E-state index contributed by atoms with van der Waals surface area (Å²) in [7, 11) is 1.65. The molecule has 0 fully saturated rings. The first-order valence-electron chi connectivity index (χ1n) is 11.2. The molecule has 2 heterocycles. The summed E-state index contributed by atoms with van der Waals surface area (Å²) in [6, 6.07) is 0.117. The van der Waals surface area contributed by atoms with Crippen molar-refractivity contribution in [1.82, 2.24) is 30.7 Å². The molecule has 2 unspecified atom stereocenters. The van der Waals surface area contributed by atoms with Crippen LogP contribution in [0.5, 0.6) is 0 Å². The first-order chi connectivity index (χ1) is 14.7. The summed E-state index contributed by atoms with van der Waals surface area (Å²) in [6.07, 6.45) is 3.17. The van der Waals surface area contributed by atoms with Gasteiger partial charge in [-0.3, -0.25) is 4.99 Å². The highest BCUT2D eigenvalue weighted by molar-refractivity contribution is 14.0. The lowest BCUT2D eigenvalue weighted by molar-refractivity contribution is 0.0503. The number of amides is 1. The molecule has 184 valence electrons. The van der Waals surface area contributed by atoms with Gasteiger partial charge in [-0.05, 0) is 40.5 Å². The number of alkyl carbamates (subject to hydrolysis) is 1. The van der Waals surface area contributed by atoms with Crippen molar-refractivity contribution in [2.75, 3.05) is 20.2 Å². The SMILES string of the molecule is CCCC(CN=C(NCC)NC1CCc2nc(COC)nn2C1)NC(=O)OC(C)(C)C.I. The van der Waals surface area contributed by atoms with Gasteiger partial charge in [-0.1, -0.05) is 13.3 Å². The lowest BCUT2D eigenvalue weighted by atomic mass is 10.1. The topological polar surface area (TPSA) is 115 Å². The molecule has 0 aliphatic carbocycles. The Hall–Kier alpha value is -1.63. The minimum atomic E-state index is -0.523. The van der Waals surface area contributed by atoms with E-state index in [1.807, 2.05) is 32.4 Å². The Bertz CT molecular complexity index is 733. The number of aromatic nitrogens is 3. The Kier molecular flexibility index (Phi) is 12.3. The zero-order chi connectivity index (χ0) is 22.9. The maximum Gasteiger partial charge on any atom is 0.407 e. The van der Waals surface area contributed by atoms with E-state index >= 15 is 0 Å². The van der Waals surface area contributed by atoms with Gasteiger partial charge in [0, 0.05) is 26.1 Å². The highest BCUT2D eigenvalue weighted by Gasteiger charge is 2.23. The molecule has 1 amide bonds. The number of guanidine groups is 1. The number of carbonyl (C=O) groups excluding carboxylic acids is 1. The van der Waals surface area contributed by atoms with E-state index in [1.165, 1.54) is 0 Å². The second-order valence-corrected chi connectivity index (χ2v) is 8.79. The van der Waals surface area contributed by atoms with Gasteiger partial charge < -0.3 is 25.4 Å². The normalized spacial score (nSPS) is 17.1. The summed E-state index contributed by atoms with van der Waals surface area (Å²) in [5.41, 5.74) is -0.523. The summed E-state index contributed by atoms with van der Waals surface area (Å²) in [5.74, 6) is 2.45. The van der Waals surface area contributed by atoms with E-state index in [4.69, 9.17) is 14.5 Å². The number of nitrogens with zero attached hydrogens (tertiary/aromatic N) is 4. The fourth-order valence-corrected chi connectivity index (χ4v) is 3.42. The number of rotatable bonds is 9. The van der Waals surface area contributed by atoms with Crippen LogP contribution in [0.25, 0.3) is 0 Å². The number of nitrogens with one attached hydrogen (secondary N) is 3. The van der Waals surface area contributed by atoms with Gasteiger partial charge in [0.1, 0.15) is 18.0 Å². The van der Waals surface area contributed by atoms with Crippen LogP contribution in [-0.4, -0.2) is 64.7 Å². The lowest BCUT2D eigenvalue weighted by Crippen LogP contribution is -2.48. The zero-order valence-corrected chi connectivity index (χ0v) is 22.6. The highest BCUT2D eigenvalue weighted by Crippen LogP contribution is 2.13. The minimum Gasteiger partial charge on any atom is -0.444 e. The average Bonchev–Trinajstić information content (AvgIpc) is 3.06. The van der Waals surface area contributed by atoms with Crippen LogP contribution in [0.3, 0.4) is 0 Å². The predicted octanol–water partition coefficient (Wildman–Crippen LogP) is 2.61. The number of methoxy groups -OCH3 is 1. The number of aliphatic imine (C=N–C) groups is 1. The summed E-state index contributed by atoms with van der Waals surface area (Å²) in [5, 5.41) is 14.3. The molecule has 10 nitrogen and oxygen atoms in total. The van der Waals surface area contributed by atoms with Crippen LogP contribution in [0.1, 0.15) is 65.5 Å². The molecule has 0 bridgehead atoms. The second kappa shape index (κ2) is 13.8. The number of aryl methyl sites for hydroxylation is 1. The van der Waals surface area contributed by atoms with Crippen molar-refractivity contribution in [2.24, 2.45) is 4.99 Å². The number of hydrogen-bond acceptors (Lipinski definition) is 6. The van der Waals surface area contributed by atoms with Crippen molar-refractivity contribution in [3.8, 4) is 0 Å². The van der Waals surface area contributed by atoms with E-state index in [2.05, 4.69) is 33.0 Å². The second-order valence-electron chi connectivity index (χ2n) is 8.79. The molecule has 2 rings (SSSR count).